The summed E-state index contributed by atoms with van der Waals surface area (Å²) in [6, 6.07) is 11.4. The Morgan fingerprint density at radius 2 is 1.77 bits per heavy atom. The normalized spacial score (nSPS) is 16.4. The van der Waals surface area contributed by atoms with Crippen molar-refractivity contribution in [2.75, 3.05) is 19.6 Å². The van der Waals surface area contributed by atoms with Crippen LogP contribution in [0.3, 0.4) is 0 Å². The molecule has 1 amide bonds. The molecule has 1 atom stereocenters. The predicted molar refractivity (Wildman–Crippen MR) is 123 cm³/mol. The van der Waals surface area contributed by atoms with Gasteiger partial charge in [0.05, 0.1) is 11.0 Å². The maximum Gasteiger partial charge on any atom is 0.438 e. The number of benzene rings is 2. The lowest BCUT2D eigenvalue weighted by Crippen LogP contribution is -2.42. The molecule has 2 heterocycles. The second kappa shape index (κ2) is 10.2. The molecule has 1 aromatic heterocycles. The van der Waals surface area contributed by atoms with Crippen LogP contribution in [0.2, 0.25) is 0 Å². The fourth-order valence-electron chi connectivity index (χ4n) is 4.45. The summed E-state index contributed by atoms with van der Waals surface area (Å²) >= 11 is 0. The first-order valence-corrected chi connectivity index (χ1v) is 11.5. The van der Waals surface area contributed by atoms with Crippen molar-refractivity contribution in [3.05, 3.63) is 76.0 Å². The van der Waals surface area contributed by atoms with E-state index in [1.54, 1.807) is 24.3 Å². The number of fused-ring (bicyclic) bond motifs is 1. The number of alkyl halides is 3. The molecule has 0 radical (unpaired) electrons. The van der Waals surface area contributed by atoms with Crippen LogP contribution in [0.1, 0.15) is 37.1 Å². The van der Waals surface area contributed by atoms with Crippen LogP contribution in [0.4, 0.5) is 17.6 Å². The summed E-state index contributed by atoms with van der Waals surface area (Å²) in [7, 11) is 0. The van der Waals surface area contributed by atoms with Crippen molar-refractivity contribution in [3.8, 4) is 0 Å². The summed E-state index contributed by atoms with van der Waals surface area (Å²) in [5.41, 5.74) is -2.10. The highest BCUT2D eigenvalue weighted by Gasteiger charge is 2.38. The van der Waals surface area contributed by atoms with Gasteiger partial charge in [-0.3, -0.25) is 19.1 Å². The maximum absolute atomic E-state index is 13.9. The van der Waals surface area contributed by atoms with Gasteiger partial charge in [-0.2, -0.15) is 13.2 Å². The molecule has 6 nitrogen and oxygen atoms in total. The summed E-state index contributed by atoms with van der Waals surface area (Å²) in [6.45, 7) is 3.75. The zero-order valence-corrected chi connectivity index (χ0v) is 19.2. The number of amides is 1. The van der Waals surface area contributed by atoms with E-state index in [1.807, 2.05) is 0 Å². The molecule has 1 saturated heterocycles. The number of nitrogens with zero attached hydrogens (tertiary/aromatic N) is 3. The molecule has 3 aromatic rings. The van der Waals surface area contributed by atoms with Crippen LogP contribution in [0.25, 0.3) is 11.0 Å². The molecule has 186 valence electrons. The average molecular weight is 491 g/mol. The van der Waals surface area contributed by atoms with Gasteiger partial charge in [0.15, 0.2) is 0 Å². The molecule has 10 heteroatoms. The summed E-state index contributed by atoms with van der Waals surface area (Å²) in [6.07, 6.45) is -3.35. The number of para-hydroxylation sites is 2. The molecular weight excluding hydrogens is 464 g/mol. The molecular formula is C25H26F4N4O2. The fraction of sp³-hybridized carbons (Fsp3) is 0.400. The number of likely N-dealkylation sites (tertiary alicyclic amines) is 1. The third-order valence-corrected chi connectivity index (χ3v) is 6.45. The van der Waals surface area contributed by atoms with E-state index in [2.05, 4.69) is 15.2 Å². The van der Waals surface area contributed by atoms with Crippen molar-refractivity contribution in [2.24, 2.45) is 5.92 Å². The number of hydrogen-bond donors (Lipinski definition) is 1. The average Bonchev–Trinajstić information content (AvgIpc) is 2.83. The monoisotopic (exact) mass is 490 g/mol. The Bertz CT molecular complexity index is 1270. The highest BCUT2D eigenvalue weighted by atomic mass is 19.4. The number of halogens is 4. The molecule has 0 bridgehead atoms. The van der Waals surface area contributed by atoms with E-state index in [4.69, 9.17) is 0 Å². The van der Waals surface area contributed by atoms with Gasteiger partial charge in [0.1, 0.15) is 11.9 Å². The van der Waals surface area contributed by atoms with Gasteiger partial charge >= 0.3 is 6.18 Å². The van der Waals surface area contributed by atoms with Crippen LogP contribution in [-0.4, -0.2) is 40.0 Å². The number of nitrogens with one attached hydrogen (secondary N) is 1. The van der Waals surface area contributed by atoms with Crippen molar-refractivity contribution in [3.63, 3.8) is 0 Å². The van der Waals surface area contributed by atoms with Crippen molar-refractivity contribution < 1.29 is 22.4 Å². The van der Waals surface area contributed by atoms with Gasteiger partial charge in [-0.1, -0.05) is 30.3 Å². The van der Waals surface area contributed by atoms with Crippen LogP contribution >= 0.6 is 0 Å². The molecule has 1 N–H and O–H groups in total. The second-order valence-corrected chi connectivity index (χ2v) is 8.85. The highest BCUT2D eigenvalue weighted by molar-refractivity contribution is 5.83. The van der Waals surface area contributed by atoms with Gasteiger partial charge in [-0.15, -0.1) is 0 Å². The number of piperidine rings is 1. The minimum absolute atomic E-state index is 0.0127. The molecule has 1 aliphatic heterocycles. The molecule has 35 heavy (non-hydrogen) atoms. The zero-order valence-electron chi connectivity index (χ0n) is 19.2. The topological polar surface area (TPSA) is 67.2 Å². The largest absolute Gasteiger partial charge is 0.438 e. The van der Waals surface area contributed by atoms with E-state index in [-0.39, 0.29) is 22.8 Å². The van der Waals surface area contributed by atoms with Crippen molar-refractivity contribution in [1.82, 2.24) is 19.8 Å². The number of carbonyl (C=O) groups excluding carboxylic acids is 1. The Morgan fingerprint density at radius 1 is 1.11 bits per heavy atom. The molecule has 0 aliphatic carbocycles. The van der Waals surface area contributed by atoms with E-state index in [0.717, 1.165) is 30.5 Å². The molecule has 0 saturated carbocycles. The van der Waals surface area contributed by atoms with Crippen molar-refractivity contribution in [2.45, 2.75) is 38.5 Å². The molecule has 1 aliphatic rings. The first-order chi connectivity index (χ1) is 16.6. The maximum atomic E-state index is 13.9. The second-order valence-electron chi connectivity index (χ2n) is 8.85. The Morgan fingerprint density at radius 3 is 2.46 bits per heavy atom. The van der Waals surface area contributed by atoms with Crippen LogP contribution < -0.4 is 10.9 Å². The lowest BCUT2D eigenvalue weighted by atomic mass is 9.96. The smallest absolute Gasteiger partial charge is 0.354 e. The minimum atomic E-state index is -4.93. The van der Waals surface area contributed by atoms with Crippen LogP contribution in [0.5, 0.6) is 0 Å². The molecule has 4 rings (SSSR count). The number of aromatic nitrogens is 2. The first-order valence-electron chi connectivity index (χ1n) is 11.5. The number of rotatable bonds is 6. The standard InChI is InChI=1S/C25H26F4N4O2/c1-16(33-21-9-5-4-8-20(21)31-22(24(33)35)25(27,28)29)23(34)30-14-17-10-12-32(13-11-17)15-18-6-2-3-7-19(18)26/h2-9,16-17H,10-15H2,1H3,(H,30,34)/t16-/m0/s1. The number of carbonyl (C=O) groups is 1. The van der Waals surface area contributed by atoms with Gasteiger partial charge in [0.2, 0.25) is 11.6 Å². The van der Waals surface area contributed by atoms with Gasteiger partial charge in [0, 0.05) is 18.7 Å². The van der Waals surface area contributed by atoms with Crippen LogP contribution in [0.15, 0.2) is 53.3 Å². The fourth-order valence-corrected chi connectivity index (χ4v) is 4.45. The predicted octanol–water partition coefficient (Wildman–Crippen LogP) is 4.14. The van der Waals surface area contributed by atoms with E-state index in [0.29, 0.717) is 18.7 Å². The molecule has 1 fully saturated rings. The van der Waals surface area contributed by atoms with E-state index in [1.165, 1.54) is 31.2 Å². The van der Waals surface area contributed by atoms with E-state index in [9.17, 15) is 27.2 Å². The SMILES string of the molecule is C[C@@H](C(=O)NCC1CCN(Cc2ccccc2F)CC1)n1c(=O)c(C(F)(F)F)nc2ccccc21. The summed E-state index contributed by atoms with van der Waals surface area (Å²) in [5.74, 6) is -0.589. The molecule has 0 unspecified atom stereocenters. The van der Waals surface area contributed by atoms with Crippen LogP contribution in [-0.2, 0) is 17.5 Å². The molecule has 2 aromatic carbocycles. The quantitative estimate of drug-likeness (QED) is 0.528. The van der Waals surface area contributed by atoms with Crippen LogP contribution in [0, 0.1) is 11.7 Å². The summed E-state index contributed by atoms with van der Waals surface area (Å²) in [4.78, 5) is 31.2. The lowest BCUT2D eigenvalue weighted by Gasteiger charge is -2.32. The van der Waals surface area contributed by atoms with E-state index < -0.39 is 29.4 Å². The van der Waals surface area contributed by atoms with Crippen molar-refractivity contribution in [1.29, 1.82) is 0 Å². The third-order valence-electron chi connectivity index (χ3n) is 6.45. The van der Waals surface area contributed by atoms with Gasteiger partial charge in [-0.05, 0) is 57.0 Å². The van der Waals surface area contributed by atoms with Gasteiger partial charge in [-0.25, -0.2) is 9.37 Å². The highest BCUT2D eigenvalue weighted by Crippen LogP contribution is 2.27. The lowest BCUT2D eigenvalue weighted by molar-refractivity contribution is -0.142. The summed E-state index contributed by atoms with van der Waals surface area (Å²) < 4.78 is 55.0. The molecule has 0 spiro atoms. The zero-order chi connectivity index (χ0) is 25.2. The number of hydrogen-bond acceptors (Lipinski definition) is 4. The third kappa shape index (κ3) is 5.53. The summed E-state index contributed by atoms with van der Waals surface area (Å²) in [5, 5.41) is 2.80. The Balaban J connectivity index is 1.40. The Kier molecular flexibility index (Phi) is 7.20. The Labute approximate surface area is 199 Å². The minimum Gasteiger partial charge on any atom is -0.354 e. The van der Waals surface area contributed by atoms with E-state index >= 15 is 0 Å². The van der Waals surface area contributed by atoms with Gasteiger partial charge in [0.25, 0.3) is 5.56 Å². The van der Waals surface area contributed by atoms with Crippen molar-refractivity contribution >= 4 is 16.9 Å². The first kappa shape index (κ1) is 24.8. The van der Waals surface area contributed by atoms with Gasteiger partial charge < -0.3 is 5.32 Å². The Hall–Kier alpha value is -3.27.